The van der Waals surface area contributed by atoms with Gasteiger partial charge in [-0.05, 0) is 23.5 Å². The molecule has 0 saturated heterocycles. The number of hydrogen-bond donors (Lipinski definition) is 4. The highest BCUT2D eigenvalue weighted by Crippen LogP contribution is 2.27. The lowest BCUT2D eigenvalue weighted by Crippen LogP contribution is -2.14. The third-order valence-electron chi connectivity index (χ3n) is 2.28. The Morgan fingerprint density at radius 2 is 1.88 bits per heavy atom. The van der Waals surface area contributed by atoms with Crippen LogP contribution in [0.5, 0.6) is 5.75 Å². The summed E-state index contributed by atoms with van der Waals surface area (Å²) in [6, 6.07) is 6.16. The zero-order valence-corrected chi connectivity index (χ0v) is 14.6. The quantitative estimate of drug-likeness (QED) is 0.190. The van der Waals surface area contributed by atoms with E-state index in [0.717, 1.165) is 17.5 Å². The van der Waals surface area contributed by atoms with Crippen LogP contribution in [0.1, 0.15) is 17.3 Å². The van der Waals surface area contributed by atoms with Gasteiger partial charge in [0.05, 0.1) is 10.5 Å². The van der Waals surface area contributed by atoms with Gasteiger partial charge >= 0.3 is 18.8 Å². The van der Waals surface area contributed by atoms with Crippen molar-refractivity contribution in [3.63, 3.8) is 0 Å². The van der Waals surface area contributed by atoms with E-state index in [-0.39, 0.29) is 21.4 Å². The van der Waals surface area contributed by atoms with Crippen LogP contribution < -0.4 is 10.1 Å². The lowest BCUT2D eigenvalue weighted by atomic mass is 10.2. The number of nitro groups is 1. The van der Waals surface area contributed by atoms with Crippen molar-refractivity contribution in [3.05, 3.63) is 46.1 Å². The van der Waals surface area contributed by atoms with Gasteiger partial charge in [0.2, 0.25) is 0 Å². The Hall–Kier alpha value is -2.70. The highest BCUT2D eigenvalue weighted by Gasteiger charge is 2.17. The fourth-order valence-electron chi connectivity index (χ4n) is 1.47. The van der Waals surface area contributed by atoms with Crippen molar-refractivity contribution < 1.29 is 38.5 Å². The summed E-state index contributed by atoms with van der Waals surface area (Å²) in [6.45, 7) is 1.22. The first kappa shape index (κ1) is 21.3. The highest BCUT2D eigenvalue weighted by atomic mass is 32.1. The minimum Gasteiger partial charge on any atom is -0.426 e. The molecule has 0 aliphatic rings. The van der Waals surface area contributed by atoms with Gasteiger partial charge in [0.1, 0.15) is 11.9 Å². The van der Waals surface area contributed by atoms with Crippen LogP contribution >= 0.6 is 19.2 Å². The number of amides is 1. The first-order valence-electron chi connectivity index (χ1n) is 6.44. The second-order valence-electron chi connectivity index (χ2n) is 4.32. The number of ether oxygens (including phenoxy) is 1. The summed E-state index contributed by atoms with van der Waals surface area (Å²) >= 11 is 0.734. The summed E-state index contributed by atoms with van der Waals surface area (Å²) < 4.78 is 13.8. The van der Waals surface area contributed by atoms with Crippen LogP contribution in [0.2, 0.25) is 0 Å². The van der Waals surface area contributed by atoms with Gasteiger partial charge in [-0.2, -0.15) is 0 Å². The molecule has 26 heavy (non-hydrogen) atoms. The molecule has 140 valence electrons. The van der Waals surface area contributed by atoms with Gasteiger partial charge in [0.15, 0.2) is 5.13 Å². The van der Waals surface area contributed by atoms with E-state index < -0.39 is 24.6 Å². The standard InChI is InChI=1S/C12H9N3O5S.H3O4P/c1-7(16)20-9-5-3-2-4-8(9)11(17)14-12-13-6-10(21-12)15(18)19;1-5(2,3)4/h2-6H,1H3,(H,13,14,17);(H3,1,2,3,4). The molecule has 12 nitrogen and oxygen atoms in total. The van der Waals surface area contributed by atoms with Crippen LogP contribution in [0, 0.1) is 10.1 Å². The fraction of sp³-hybridized carbons (Fsp3) is 0.0833. The third kappa shape index (κ3) is 7.92. The molecule has 0 spiro atoms. The molecule has 0 unspecified atom stereocenters. The number of nitrogens with zero attached hydrogens (tertiary/aromatic N) is 2. The first-order valence-corrected chi connectivity index (χ1v) is 8.83. The summed E-state index contributed by atoms with van der Waals surface area (Å²) in [6.07, 6.45) is 1.05. The number of carbonyl (C=O) groups excluding carboxylic acids is 2. The SMILES string of the molecule is CC(=O)Oc1ccccc1C(=O)Nc1ncc([N+](=O)[O-])s1.O=P(O)(O)O. The van der Waals surface area contributed by atoms with Crippen molar-refractivity contribution in [2.24, 2.45) is 0 Å². The molecule has 0 aliphatic carbocycles. The van der Waals surface area contributed by atoms with E-state index in [2.05, 4.69) is 10.3 Å². The molecule has 1 aromatic heterocycles. The topological polar surface area (TPSA) is 189 Å². The number of para-hydroxylation sites is 1. The average Bonchev–Trinajstić information content (AvgIpc) is 2.94. The third-order valence-corrected chi connectivity index (χ3v) is 3.14. The second kappa shape index (κ2) is 9.12. The minimum atomic E-state index is -4.64. The summed E-state index contributed by atoms with van der Waals surface area (Å²) in [5.41, 5.74) is 0.130. The van der Waals surface area contributed by atoms with E-state index in [4.69, 9.17) is 24.0 Å². The van der Waals surface area contributed by atoms with Gasteiger partial charge in [-0.25, -0.2) is 9.55 Å². The maximum Gasteiger partial charge on any atom is 0.466 e. The van der Waals surface area contributed by atoms with Crippen LogP contribution in [-0.4, -0.2) is 36.5 Å². The smallest absolute Gasteiger partial charge is 0.426 e. The number of esters is 1. The molecule has 1 amide bonds. The maximum absolute atomic E-state index is 12.1. The zero-order chi connectivity index (χ0) is 19.9. The Kier molecular flexibility index (Phi) is 7.49. The first-order chi connectivity index (χ1) is 12.0. The lowest BCUT2D eigenvalue weighted by Gasteiger charge is -2.07. The normalized spacial score (nSPS) is 10.3. The number of benzene rings is 1. The monoisotopic (exact) mass is 405 g/mol. The van der Waals surface area contributed by atoms with Gasteiger partial charge in [0.25, 0.3) is 5.91 Å². The second-order valence-corrected chi connectivity index (χ2v) is 6.35. The van der Waals surface area contributed by atoms with E-state index in [1.165, 1.54) is 19.1 Å². The van der Waals surface area contributed by atoms with Crippen molar-refractivity contribution >= 4 is 41.2 Å². The predicted octanol–water partition coefficient (Wildman–Crippen LogP) is 1.30. The fourth-order valence-corrected chi connectivity index (χ4v) is 2.10. The molecule has 0 fully saturated rings. The molecular formula is C12H12N3O9PS. The van der Waals surface area contributed by atoms with Gasteiger partial charge in [-0.15, -0.1) is 0 Å². The Morgan fingerprint density at radius 3 is 2.38 bits per heavy atom. The number of anilines is 1. The molecule has 2 aromatic rings. The van der Waals surface area contributed by atoms with Gasteiger partial charge in [0, 0.05) is 6.92 Å². The van der Waals surface area contributed by atoms with Crippen molar-refractivity contribution in [2.45, 2.75) is 6.92 Å². The molecule has 0 saturated carbocycles. The lowest BCUT2D eigenvalue weighted by molar-refractivity contribution is -0.380. The minimum absolute atomic E-state index is 0.0873. The summed E-state index contributed by atoms with van der Waals surface area (Å²) in [7, 11) is -4.64. The van der Waals surface area contributed by atoms with E-state index >= 15 is 0 Å². The van der Waals surface area contributed by atoms with Crippen LogP contribution in [0.3, 0.4) is 0 Å². The van der Waals surface area contributed by atoms with E-state index in [1.54, 1.807) is 12.1 Å². The van der Waals surface area contributed by atoms with Gasteiger partial charge in [-0.1, -0.05) is 12.1 Å². The number of hydrogen-bond acceptors (Lipinski definition) is 8. The molecule has 1 heterocycles. The zero-order valence-electron chi connectivity index (χ0n) is 12.9. The van der Waals surface area contributed by atoms with E-state index in [1.807, 2.05) is 0 Å². The number of phosphoric acid groups is 1. The number of nitrogens with one attached hydrogen (secondary N) is 1. The number of aromatic nitrogens is 1. The molecule has 4 N–H and O–H groups in total. The van der Waals surface area contributed by atoms with Crippen molar-refractivity contribution in [1.82, 2.24) is 4.98 Å². The molecule has 0 radical (unpaired) electrons. The molecule has 2 rings (SSSR count). The van der Waals surface area contributed by atoms with Gasteiger partial charge in [-0.3, -0.25) is 25.0 Å². The Labute approximate surface area is 149 Å². The molecular weight excluding hydrogens is 393 g/mol. The van der Waals surface area contributed by atoms with E-state index in [0.29, 0.717) is 0 Å². The highest BCUT2D eigenvalue weighted by molar-refractivity contribution is 7.45. The van der Waals surface area contributed by atoms with E-state index in [9.17, 15) is 19.7 Å². The predicted molar refractivity (Wildman–Crippen MR) is 88.7 cm³/mol. The molecule has 1 aromatic carbocycles. The summed E-state index contributed by atoms with van der Waals surface area (Å²) in [5.74, 6) is -1.02. The Morgan fingerprint density at radius 1 is 1.31 bits per heavy atom. The molecule has 0 bridgehead atoms. The van der Waals surface area contributed by atoms with Gasteiger partial charge < -0.3 is 19.4 Å². The van der Waals surface area contributed by atoms with Crippen LogP contribution in [0.4, 0.5) is 10.1 Å². The largest absolute Gasteiger partial charge is 0.466 e. The van der Waals surface area contributed by atoms with Crippen LogP contribution in [0.25, 0.3) is 0 Å². The summed E-state index contributed by atoms with van der Waals surface area (Å²) in [5, 5.41) is 12.9. The molecule has 0 atom stereocenters. The Bertz CT molecular complexity index is 855. The number of rotatable bonds is 4. The number of thiazole rings is 1. The number of carbonyl (C=O) groups is 2. The maximum atomic E-state index is 12.1. The van der Waals surface area contributed by atoms with Crippen molar-refractivity contribution in [2.75, 3.05) is 5.32 Å². The molecule has 0 aliphatic heterocycles. The van der Waals surface area contributed by atoms with Crippen molar-refractivity contribution in [1.29, 1.82) is 0 Å². The average molecular weight is 405 g/mol. The molecule has 14 heteroatoms. The Balaban J connectivity index is 0.000000597. The van der Waals surface area contributed by atoms with Crippen LogP contribution in [-0.2, 0) is 9.36 Å². The summed E-state index contributed by atoms with van der Waals surface area (Å²) in [4.78, 5) is 58.3. The van der Waals surface area contributed by atoms with Crippen LogP contribution in [0.15, 0.2) is 30.5 Å². The van der Waals surface area contributed by atoms with Crippen molar-refractivity contribution in [3.8, 4) is 5.75 Å².